The molecular weight excluding hydrogens is 248 g/mol. The van der Waals surface area contributed by atoms with Crippen molar-refractivity contribution in [3.05, 3.63) is 28.8 Å². The first kappa shape index (κ1) is 13.7. The summed E-state index contributed by atoms with van der Waals surface area (Å²) in [4.78, 5) is 2.34. The number of rotatable bonds is 3. The smallest absolute Gasteiger partial charge is 0.0726 e. The number of anilines is 1. The Morgan fingerprint density at radius 3 is 2.61 bits per heavy atom. The maximum Gasteiger partial charge on any atom is 0.0726 e. The van der Waals surface area contributed by atoms with Gasteiger partial charge in [0.1, 0.15) is 0 Å². The van der Waals surface area contributed by atoms with Gasteiger partial charge in [0.15, 0.2) is 0 Å². The average molecular weight is 269 g/mol. The second kappa shape index (κ2) is 5.91. The monoisotopic (exact) mass is 268 g/mol. The highest BCUT2D eigenvalue weighted by Crippen LogP contribution is 2.32. The minimum absolute atomic E-state index is 0.243. The highest BCUT2D eigenvalue weighted by molar-refractivity contribution is 6.33. The summed E-state index contributed by atoms with van der Waals surface area (Å²) in [7, 11) is 1.95. The first-order chi connectivity index (χ1) is 8.61. The highest BCUT2D eigenvalue weighted by Gasteiger charge is 2.25. The van der Waals surface area contributed by atoms with Crippen molar-refractivity contribution < 1.29 is 4.74 Å². The van der Waals surface area contributed by atoms with E-state index in [0.29, 0.717) is 0 Å². The molecule has 1 aliphatic heterocycles. The number of ether oxygens (including phenoxy) is 1. The molecular formula is C14H21ClN2O. The van der Waals surface area contributed by atoms with E-state index in [0.717, 1.165) is 30.3 Å². The number of hydrogen-bond acceptors (Lipinski definition) is 3. The predicted molar refractivity (Wildman–Crippen MR) is 76.4 cm³/mol. The summed E-state index contributed by atoms with van der Waals surface area (Å²) in [5, 5.41) is 4.02. The first-order valence-electron chi connectivity index (χ1n) is 6.44. The molecule has 0 aromatic heterocycles. The lowest BCUT2D eigenvalue weighted by atomic mass is 10.1. The van der Waals surface area contributed by atoms with E-state index in [4.69, 9.17) is 16.3 Å². The van der Waals surface area contributed by atoms with E-state index in [1.54, 1.807) is 0 Å². The predicted octanol–water partition coefficient (Wildman–Crippen LogP) is 2.67. The topological polar surface area (TPSA) is 24.5 Å². The van der Waals surface area contributed by atoms with Gasteiger partial charge < -0.3 is 15.0 Å². The second-order valence-electron chi connectivity index (χ2n) is 4.94. The standard InChI is InChI=1S/C14H21ClN2O/c1-10-8-17(9-11(2)18-10)14-12(7-16-3)5-4-6-13(14)15/h4-6,10-11,16H,7-9H2,1-3H3/t10-,11+. The van der Waals surface area contributed by atoms with Crippen molar-refractivity contribution in [3.8, 4) is 0 Å². The van der Waals surface area contributed by atoms with Crippen LogP contribution in [0.5, 0.6) is 0 Å². The number of nitrogens with zero attached hydrogens (tertiary/aromatic N) is 1. The molecule has 0 bridgehead atoms. The third-order valence-electron chi connectivity index (χ3n) is 3.17. The molecule has 1 aromatic rings. The van der Waals surface area contributed by atoms with E-state index in [2.05, 4.69) is 30.1 Å². The summed E-state index contributed by atoms with van der Waals surface area (Å²) in [6, 6.07) is 6.09. The van der Waals surface area contributed by atoms with Gasteiger partial charge in [0, 0.05) is 19.6 Å². The Morgan fingerprint density at radius 1 is 1.33 bits per heavy atom. The molecule has 0 aliphatic carbocycles. The molecule has 0 saturated carbocycles. The molecule has 4 heteroatoms. The van der Waals surface area contributed by atoms with E-state index in [1.165, 1.54) is 5.56 Å². The largest absolute Gasteiger partial charge is 0.372 e. The number of halogens is 1. The number of nitrogens with one attached hydrogen (secondary N) is 1. The minimum Gasteiger partial charge on any atom is -0.372 e. The van der Waals surface area contributed by atoms with Crippen LogP contribution in [0.2, 0.25) is 5.02 Å². The van der Waals surface area contributed by atoms with Crippen LogP contribution in [0.4, 0.5) is 5.69 Å². The summed E-state index contributed by atoms with van der Waals surface area (Å²) in [5.41, 5.74) is 2.39. The number of morpholine rings is 1. The SMILES string of the molecule is CNCc1cccc(Cl)c1N1C[C@@H](C)O[C@@H](C)C1. The van der Waals surface area contributed by atoms with Gasteiger partial charge in [0.25, 0.3) is 0 Å². The van der Waals surface area contributed by atoms with Gasteiger partial charge in [0.2, 0.25) is 0 Å². The fraction of sp³-hybridized carbons (Fsp3) is 0.571. The van der Waals surface area contributed by atoms with Gasteiger partial charge in [-0.25, -0.2) is 0 Å². The van der Waals surface area contributed by atoms with Crippen molar-refractivity contribution in [1.82, 2.24) is 5.32 Å². The Balaban J connectivity index is 2.30. The van der Waals surface area contributed by atoms with E-state index in [1.807, 2.05) is 19.2 Å². The number of para-hydroxylation sites is 1. The van der Waals surface area contributed by atoms with Crippen LogP contribution in [0.25, 0.3) is 0 Å². The van der Waals surface area contributed by atoms with Gasteiger partial charge in [-0.2, -0.15) is 0 Å². The van der Waals surface area contributed by atoms with Crippen molar-refractivity contribution in [2.24, 2.45) is 0 Å². The van der Waals surface area contributed by atoms with Crippen LogP contribution < -0.4 is 10.2 Å². The van der Waals surface area contributed by atoms with E-state index in [9.17, 15) is 0 Å². The molecule has 1 fully saturated rings. The van der Waals surface area contributed by atoms with E-state index < -0.39 is 0 Å². The Labute approximate surface area is 114 Å². The van der Waals surface area contributed by atoms with E-state index in [-0.39, 0.29) is 12.2 Å². The van der Waals surface area contributed by atoms with Crippen LogP contribution in [0.1, 0.15) is 19.4 Å². The molecule has 1 aromatic carbocycles. The van der Waals surface area contributed by atoms with Crippen LogP contribution in [-0.4, -0.2) is 32.3 Å². The normalized spacial score (nSPS) is 24.3. The van der Waals surface area contributed by atoms with Gasteiger partial charge >= 0.3 is 0 Å². The molecule has 2 rings (SSSR count). The molecule has 18 heavy (non-hydrogen) atoms. The van der Waals surface area contributed by atoms with Gasteiger partial charge in [-0.05, 0) is 32.5 Å². The zero-order chi connectivity index (χ0) is 13.1. The fourth-order valence-electron chi connectivity index (χ4n) is 2.61. The Bertz CT molecular complexity index is 401. The summed E-state index contributed by atoms with van der Waals surface area (Å²) >= 11 is 6.38. The quantitative estimate of drug-likeness (QED) is 0.912. The van der Waals surface area contributed by atoms with Gasteiger partial charge in [-0.3, -0.25) is 0 Å². The minimum atomic E-state index is 0.243. The van der Waals surface area contributed by atoms with Crippen molar-refractivity contribution in [3.63, 3.8) is 0 Å². The summed E-state index contributed by atoms with van der Waals surface area (Å²) in [5.74, 6) is 0. The van der Waals surface area contributed by atoms with Crippen LogP contribution in [0.15, 0.2) is 18.2 Å². The molecule has 2 atom stereocenters. The van der Waals surface area contributed by atoms with Gasteiger partial charge in [0.05, 0.1) is 22.9 Å². The molecule has 0 radical (unpaired) electrons. The third-order valence-corrected chi connectivity index (χ3v) is 3.48. The van der Waals surface area contributed by atoms with E-state index >= 15 is 0 Å². The Hall–Kier alpha value is -0.770. The second-order valence-corrected chi connectivity index (χ2v) is 5.35. The molecule has 1 saturated heterocycles. The molecule has 0 spiro atoms. The van der Waals surface area contributed by atoms with Crippen molar-refractivity contribution in [2.75, 3.05) is 25.0 Å². The van der Waals surface area contributed by atoms with Crippen molar-refractivity contribution >= 4 is 17.3 Å². The molecule has 1 heterocycles. The maximum absolute atomic E-state index is 6.38. The molecule has 3 nitrogen and oxygen atoms in total. The van der Waals surface area contributed by atoms with Crippen LogP contribution in [0, 0.1) is 0 Å². The Morgan fingerprint density at radius 2 is 2.00 bits per heavy atom. The van der Waals surface area contributed by atoms with Crippen molar-refractivity contribution in [2.45, 2.75) is 32.6 Å². The van der Waals surface area contributed by atoms with Crippen LogP contribution in [0.3, 0.4) is 0 Å². The van der Waals surface area contributed by atoms with Crippen LogP contribution in [-0.2, 0) is 11.3 Å². The highest BCUT2D eigenvalue weighted by atomic mass is 35.5. The lowest BCUT2D eigenvalue weighted by Crippen LogP contribution is -2.46. The lowest BCUT2D eigenvalue weighted by Gasteiger charge is -2.38. The average Bonchev–Trinajstić information content (AvgIpc) is 2.28. The fourth-order valence-corrected chi connectivity index (χ4v) is 2.92. The molecule has 0 unspecified atom stereocenters. The van der Waals surface area contributed by atoms with Gasteiger partial charge in [-0.1, -0.05) is 23.7 Å². The number of benzene rings is 1. The molecule has 1 aliphatic rings. The number of hydrogen-bond donors (Lipinski definition) is 1. The first-order valence-corrected chi connectivity index (χ1v) is 6.82. The zero-order valence-corrected chi connectivity index (χ0v) is 12.0. The molecule has 100 valence electrons. The summed E-state index contributed by atoms with van der Waals surface area (Å²) in [6.45, 7) is 6.83. The third kappa shape index (κ3) is 2.97. The summed E-state index contributed by atoms with van der Waals surface area (Å²) in [6.07, 6.45) is 0.486. The van der Waals surface area contributed by atoms with Crippen molar-refractivity contribution in [1.29, 1.82) is 0 Å². The van der Waals surface area contributed by atoms with Crippen LogP contribution >= 0.6 is 11.6 Å². The Kier molecular flexibility index (Phi) is 4.49. The maximum atomic E-state index is 6.38. The zero-order valence-electron chi connectivity index (χ0n) is 11.2. The lowest BCUT2D eigenvalue weighted by molar-refractivity contribution is -0.00525. The molecule has 1 N–H and O–H groups in total. The molecule has 0 amide bonds. The van der Waals surface area contributed by atoms with Gasteiger partial charge in [-0.15, -0.1) is 0 Å². The summed E-state index contributed by atoms with van der Waals surface area (Å²) < 4.78 is 5.78.